The van der Waals surface area contributed by atoms with Crippen LogP contribution in [0.4, 0.5) is 4.39 Å². The Morgan fingerprint density at radius 3 is 2.66 bits per heavy atom. The molecule has 0 radical (unpaired) electrons. The molecule has 5 nitrogen and oxygen atoms in total. The van der Waals surface area contributed by atoms with E-state index in [4.69, 9.17) is 21.1 Å². The van der Waals surface area contributed by atoms with E-state index < -0.39 is 0 Å². The number of amides is 1. The molecule has 2 aliphatic heterocycles. The molecule has 1 saturated heterocycles. The van der Waals surface area contributed by atoms with Crippen molar-refractivity contribution in [2.75, 3.05) is 26.2 Å². The third-order valence-corrected chi connectivity index (χ3v) is 5.83. The van der Waals surface area contributed by atoms with Crippen molar-refractivity contribution in [3.8, 4) is 11.5 Å². The SMILES string of the molecule is O=C(NC[C@H]1COc2ccccc2O1)C1CCN(Cc2c(F)cccc2Cl)CC1. The summed E-state index contributed by atoms with van der Waals surface area (Å²) in [6.07, 6.45) is 1.28. The smallest absolute Gasteiger partial charge is 0.223 e. The fraction of sp³-hybridized carbons (Fsp3) is 0.409. The standard InChI is InChI=1S/C22H24ClFN2O3/c23-18-4-3-5-19(24)17(18)13-26-10-8-15(9-11-26)22(27)25-12-16-14-28-20-6-1-2-7-21(20)29-16/h1-7,15-16H,8-14H2,(H,25,27)/t16-/m0/s1. The molecule has 2 aromatic rings. The van der Waals surface area contributed by atoms with Crippen LogP contribution >= 0.6 is 11.6 Å². The van der Waals surface area contributed by atoms with E-state index in [9.17, 15) is 9.18 Å². The first-order chi connectivity index (χ1) is 14.1. The van der Waals surface area contributed by atoms with Gasteiger partial charge in [-0.3, -0.25) is 9.69 Å². The van der Waals surface area contributed by atoms with Crippen LogP contribution in [0.15, 0.2) is 42.5 Å². The number of rotatable bonds is 5. The topological polar surface area (TPSA) is 50.8 Å². The summed E-state index contributed by atoms with van der Waals surface area (Å²) in [5, 5.41) is 3.44. The maximum Gasteiger partial charge on any atom is 0.223 e. The lowest BCUT2D eigenvalue weighted by Crippen LogP contribution is -2.45. The largest absolute Gasteiger partial charge is 0.486 e. The van der Waals surface area contributed by atoms with E-state index in [0.717, 1.165) is 31.7 Å². The average Bonchev–Trinajstić information content (AvgIpc) is 2.75. The van der Waals surface area contributed by atoms with Crippen LogP contribution in [0, 0.1) is 11.7 Å². The van der Waals surface area contributed by atoms with Crippen LogP contribution in [0.2, 0.25) is 5.02 Å². The highest BCUT2D eigenvalue weighted by atomic mass is 35.5. The predicted molar refractivity (Wildman–Crippen MR) is 109 cm³/mol. The van der Waals surface area contributed by atoms with Gasteiger partial charge in [0.2, 0.25) is 5.91 Å². The summed E-state index contributed by atoms with van der Waals surface area (Å²) in [7, 11) is 0. The van der Waals surface area contributed by atoms with Gasteiger partial charge in [0, 0.05) is 23.0 Å². The van der Waals surface area contributed by atoms with E-state index in [1.165, 1.54) is 6.07 Å². The zero-order valence-corrected chi connectivity index (χ0v) is 16.8. The van der Waals surface area contributed by atoms with Crippen molar-refractivity contribution in [2.24, 2.45) is 5.92 Å². The van der Waals surface area contributed by atoms with Crippen molar-refractivity contribution in [3.05, 3.63) is 58.9 Å². The molecule has 0 bridgehead atoms. The third kappa shape index (κ3) is 4.82. The Balaban J connectivity index is 1.22. The van der Waals surface area contributed by atoms with Crippen LogP contribution in [-0.2, 0) is 11.3 Å². The second-order valence-electron chi connectivity index (χ2n) is 7.49. The fourth-order valence-electron chi connectivity index (χ4n) is 3.78. The molecule has 154 valence electrons. The Hall–Kier alpha value is -2.31. The van der Waals surface area contributed by atoms with Crippen molar-refractivity contribution in [2.45, 2.75) is 25.5 Å². The van der Waals surface area contributed by atoms with Crippen molar-refractivity contribution >= 4 is 17.5 Å². The number of para-hydroxylation sites is 2. The number of hydrogen-bond donors (Lipinski definition) is 1. The summed E-state index contributed by atoms with van der Waals surface area (Å²) < 4.78 is 25.5. The molecule has 0 spiro atoms. The van der Waals surface area contributed by atoms with Crippen LogP contribution in [0.5, 0.6) is 11.5 Å². The van der Waals surface area contributed by atoms with Crippen LogP contribution in [0.25, 0.3) is 0 Å². The Labute approximate surface area is 174 Å². The molecule has 4 rings (SSSR count). The third-order valence-electron chi connectivity index (χ3n) is 5.47. The van der Waals surface area contributed by atoms with Crippen molar-refractivity contribution in [1.29, 1.82) is 0 Å². The number of fused-ring (bicyclic) bond motifs is 1. The van der Waals surface area contributed by atoms with Gasteiger partial charge < -0.3 is 14.8 Å². The van der Waals surface area contributed by atoms with E-state index in [0.29, 0.717) is 36.0 Å². The molecule has 29 heavy (non-hydrogen) atoms. The van der Waals surface area contributed by atoms with Gasteiger partial charge in [-0.2, -0.15) is 0 Å². The summed E-state index contributed by atoms with van der Waals surface area (Å²) in [5.74, 6) is 1.15. The molecular weight excluding hydrogens is 395 g/mol. The Morgan fingerprint density at radius 1 is 1.14 bits per heavy atom. The van der Waals surface area contributed by atoms with Crippen LogP contribution in [-0.4, -0.2) is 43.2 Å². The summed E-state index contributed by atoms with van der Waals surface area (Å²) in [5.41, 5.74) is 0.520. The van der Waals surface area contributed by atoms with Crippen molar-refractivity contribution < 1.29 is 18.7 Å². The van der Waals surface area contributed by atoms with Gasteiger partial charge in [0.15, 0.2) is 11.5 Å². The Kier molecular flexibility index (Phi) is 6.21. The number of carbonyl (C=O) groups is 1. The minimum Gasteiger partial charge on any atom is -0.486 e. The number of benzene rings is 2. The highest BCUT2D eigenvalue weighted by molar-refractivity contribution is 6.31. The maximum atomic E-state index is 14.0. The first-order valence-electron chi connectivity index (χ1n) is 9.91. The number of carbonyl (C=O) groups excluding carboxylic acids is 1. The number of hydrogen-bond acceptors (Lipinski definition) is 4. The quantitative estimate of drug-likeness (QED) is 0.805. The zero-order chi connectivity index (χ0) is 20.2. The van der Waals surface area contributed by atoms with E-state index in [2.05, 4.69) is 10.2 Å². The first-order valence-corrected chi connectivity index (χ1v) is 10.3. The number of ether oxygens (including phenoxy) is 2. The van der Waals surface area contributed by atoms with Gasteiger partial charge in [0.25, 0.3) is 0 Å². The highest BCUT2D eigenvalue weighted by Gasteiger charge is 2.27. The predicted octanol–water partition coefficient (Wildman–Crippen LogP) is 3.65. The molecule has 0 aromatic heterocycles. The number of halogens is 2. The second-order valence-corrected chi connectivity index (χ2v) is 7.90. The summed E-state index contributed by atoms with van der Waals surface area (Å²) in [6.45, 7) is 2.77. The average molecular weight is 419 g/mol. The summed E-state index contributed by atoms with van der Waals surface area (Å²) in [4.78, 5) is 14.7. The molecule has 1 atom stereocenters. The van der Waals surface area contributed by atoms with Crippen molar-refractivity contribution in [3.63, 3.8) is 0 Å². The molecule has 2 aromatic carbocycles. The molecule has 0 aliphatic carbocycles. The van der Waals surface area contributed by atoms with Gasteiger partial charge in [-0.15, -0.1) is 0 Å². The molecule has 2 heterocycles. The van der Waals surface area contributed by atoms with Gasteiger partial charge in [-0.25, -0.2) is 4.39 Å². The molecule has 0 unspecified atom stereocenters. The molecule has 7 heteroatoms. The van der Waals surface area contributed by atoms with Gasteiger partial charge in [-0.1, -0.05) is 29.8 Å². The van der Waals surface area contributed by atoms with Gasteiger partial charge >= 0.3 is 0 Å². The number of piperidine rings is 1. The lowest BCUT2D eigenvalue weighted by Gasteiger charge is -2.32. The Morgan fingerprint density at radius 2 is 1.90 bits per heavy atom. The van der Waals surface area contributed by atoms with Gasteiger partial charge in [0.05, 0.1) is 6.54 Å². The van der Waals surface area contributed by atoms with Crippen LogP contribution in [0.3, 0.4) is 0 Å². The monoisotopic (exact) mass is 418 g/mol. The number of nitrogens with zero attached hydrogens (tertiary/aromatic N) is 1. The van der Waals surface area contributed by atoms with E-state index in [-0.39, 0.29) is 23.7 Å². The van der Waals surface area contributed by atoms with Gasteiger partial charge in [0.1, 0.15) is 18.5 Å². The zero-order valence-electron chi connectivity index (χ0n) is 16.1. The normalized spacial score (nSPS) is 19.7. The molecular formula is C22H24ClFN2O3. The molecule has 1 fully saturated rings. The molecule has 1 N–H and O–H groups in total. The van der Waals surface area contributed by atoms with Crippen LogP contribution in [0.1, 0.15) is 18.4 Å². The number of nitrogens with one attached hydrogen (secondary N) is 1. The minimum absolute atomic E-state index is 0.0380. The lowest BCUT2D eigenvalue weighted by molar-refractivity contribution is -0.127. The highest BCUT2D eigenvalue weighted by Crippen LogP contribution is 2.30. The van der Waals surface area contributed by atoms with E-state index in [1.54, 1.807) is 12.1 Å². The van der Waals surface area contributed by atoms with Gasteiger partial charge in [-0.05, 0) is 50.2 Å². The van der Waals surface area contributed by atoms with Crippen molar-refractivity contribution in [1.82, 2.24) is 10.2 Å². The minimum atomic E-state index is -0.284. The maximum absolute atomic E-state index is 14.0. The van der Waals surface area contributed by atoms with E-state index >= 15 is 0 Å². The summed E-state index contributed by atoms with van der Waals surface area (Å²) in [6, 6.07) is 12.3. The van der Waals surface area contributed by atoms with Crippen LogP contribution < -0.4 is 14.8 Å². The second kappa shape index (κ2) is 9.01. The number of likely N-dealkylation sites (tertiary alicyclic amines) is 1. The van der Waals surface area contributed by atoms with E-state index in [1.807, 2.05) is 24.3 Å². The lowest BCUT2D eigenvalue weighted by atomic mass is 9.95. The molecule has 1 amide bonds. The fourth-order valence-corrected chi connectivity index (χ4v) is 4.01. The molecule has 0 saturated carbocycles. The molecule has 2 aliphatic rings. The first kappa shape index (κ1) is 20.0. The summed E-state index contributed by atoms with van der Waals surface area (Å²) >= 11 is 6.12. The Bertz CT molecular complexity index is 851.